The molecule has 1 heterocycles. The zero-order chi connectivity index (χ0) is 15.1. The molecule has 0 spiro atoms. The predicted octanol–water partition coefficient (Wildman–Crippen LogP) is 5.69. The predicted molar refractivity (Wildman–Crippen MR) is 95.6 cm³/mol. The quantitative estimate of drug-likeness (QED) is 0.547. The maximum absolute atomic E-state index is 6.02. The first-order chi connectivity index (χ1) is 10.7. The minimum Gasteiger partial charge on any atom is -0.487 e. The Hall–Kier alpha value is -2.06. The molecule has 22 heavy (non-hydrogen) atoms. The SMILES string of the molecule is Cc1ccc(C2=C(Br)COc3c2ccc2ccccc32)cc1. The summed E-state index contributed by atoms with van der Waals surface area (Å²) in [6.45, 7) is 2.68. The fourth-order valence-corrected chi connectivity index (χ4v) is 3.54. The number of hydrogen-bond acceptors (Lipinski definition) is 1. The molecule has 3 aromatic carbocycles. The van der Waals surface area contributed by atoms with E-state index in [0.717, 1.165) is 15.8 Å². The second kappa shape index (κ2) is 5.29. The first kappa shape index (κ1) is 13.6. The number of fused-ring (bicyclic) bond motifs is 3. The third kappa shape index (κ3) is 2.15. The van der Waals surface area contributed by atoms with Gasteiger partial charge in [-0.3, -0.25) is 0 Å². The number of rotatable bonds is 1. The van der Waals surface area contributed by atoms with E-state index < -0.39 is 0 Å². The minimum atomic E-state index is 0.574. The van der Waals surface area contributed by atoms with Gasteiger partial charge < -0.3 is 4.74 Å². The molecule has 0 aliphatic carbocycles. The van der Waals surface area contributed by atoms with Gasteiger partial charge in [0.1, 0.15) is 12.4 Å². The summed E-state index contributed by atoms with van der Waals surface area (Å²) in [7, 11) is 0. The fraction of sp³-hybridized carbons (Fsp3) is 0.100. The molecule has 0 unspecified atom stereocenters. The number of aryl methyl sites for hydroxylation is 1. The lowest BCUT2D eigenvalue weighted by atomic mass is 9.92. The van der Waals surface area contributed by atoms with Crippen LogP contribution >= 0.6 is 15.9 Å². The molecule has 0 radical (unpaired) electrons. The molecular weight excluding hydrogens is 336 g/mol. The second-order valence-electron chi connectivity index (χ2n) is 5.60. The average Bonchev–Trinajstić information content (AvgIpc) is 2.55. The lowest BCUT2D eigenvalue weighted by Crippen LogP contribution is -2.09. The van der Waals surface area contributed by atoms with Crippen LogP contribution in [0.3, 0.4) is 0 Å². The van der Waals surface area contributed by atoms with E-state index in [-0.39, 0.29) is 0 Å². The Morgan fingerprint density at radius 1 is 0.909 bits per heavy atom. The van der Waals surface area contributed by atoms with E-state index in [2.05, 4.69) is 83.5 Å². The summed E-state index contributed by atoms with van der Waals surface area (Å²) in [4.78, 5) is 0. The van der Waals surface area contributed by atoms with Crippen molar-refractivity contribution in [3.8, 4) is 5.75 Å². The highest BCUT2D eigenvalue weighted by atomic mass is 79.9. The minimum absolute atomic E-state index is 0.574. The molecule has 0 amide bonds. The van der Waals surface area contributed by atoms with E-state index in [0.29, 0.717) is 6.61 Å². The Morgan fingerprint density at radius 3 is 2.50 bits per heavy atom. The van der Waals surface area contributed by atoms with Gasteiger partial charge in [-0.05, 0) is 23.9 Å². The van der Waals surface area contributed by atoms with Crippen LogP contribution in [0.5, 0.6) is 5.75 Å². The molecule has 0 saturated carbocycles. The molecule has 3 aromatic rings. The van der Waals surface area contributed by atoms with Crippen LogP contribution < -0.4 is 4.74 Å². The number of benzene rings is 3. The molecule has 0 bridgehead atoms. The van der Waals surface area contributed by atoms with Crippen LogP contribution in [0.4, 0.5) is 0 Å². The molecule has 0 fully saturated rings. The van der Waals surface area contributed by atoms with E-state index in [1.54, 1.807) is 0 Å². The topological polar surface area (TPSA) is 9.23 Å². The van der Waals surface area contributed by atoms with Crippen molar-refractivity contribution in [3.63, 3.8) is 0 Å². The third-order valence-electron chi connectivity index (χ3n) is 4.10. The smallest absolute Gasteiger partial charge is 0.135 e. The summed E-state index contributed by atoms with van der Waals surface area (Å²) in [6.07, 6.45) is 0. The van der Waals surface area contributed by atoms with Crippen LogP contribution in [0, 0.1) is 6.92 Å². The van der Waals surface area contributed by atoms with Gasteiger partial charge in [-0.25, -0.2) is 0 Å². The van der Waals surface area contributed by atoms with Gasteiger partial charge in [-0.1, -0.05) is 76.1 Å². The third-order valence-corrected chi connectivity index (χ3v) is 4.73. The second-order valence-corrected chi connectivity index (χ2v) is 6.56. The van der Waals surface area contributed by atoms with Crippen molar-refractivity contribution in [2.24, 2.45) is 0 Å². The summed E-state index contributed by atoms with van der Waals surface area (Å²) in [5.74, 6) is 0.983. The Labute approximate surface area is 138 Å². The highest BCUT2D eigenvalue weighted by Crippen LogP contribution is 2.42. The lowest BCUT2D eigenvalue weighted by Gasteiger charge is -2.23. The molecule has 108 valence electrons. The molecule has 4 rings (SSSR count). The van der Waals surface area contributed by atoms with Gasteiger partial charge in [0.25, 0.3) is 0 Å². The van der Waals surface area contributed by atoms with Crippen LogP contribution in [0.1, 0.15) is 16.7 Å². The van der Waals surface area contributed by atoms with Crippen molar-refractivity contribution in [1.82, 2.24) is 0 Å². The van der Waals surface area contributed by atoms with Gasteiger partial charge in [0.2, 0.25) is 0 Å². The van der Waals surface area contributed by atoms with E-state index >= 15 is 0 Å². The summed E-state index contributed by atoms with van der Waals surface area (Å²) in [5, 5.41) is 2.38. The fourth-order valence-electron chi connectivity index (χ4n) is 2.98. The zero-order valence-electron chi connectivity index (χ0n) is 12.3. The van der Waals surface area contributed by atoms with Crippen LogP contribution in [0.25, 0.3) is 16.3 Å². The van der Waals surface area contributed by atoms with Gasteiger partial charge in [0, 0.05) is 21.0 Å². The molecule has 1 aliphatic rings. The first-order valence-electron chi connectivity index (χ1n) is 7.34. The Morgan fingerprint density at radius 2 is 1.68 bits per heavy atom. The van der Waals surface area contributed by atoms with E-state index in [4.69, 9.17) is 4.74 Å². The standard InChI is InChI=1S/C20H15BrO/c1-13-6-8-15(9-7-13)19-17-11-10-14-4-2-3-5-16(14)20(17)22-12-18(19)21/h2-11H,12H2,1H3. The van der Waals surface area contributed by atoms with Gasteiger partial charge in [0.15, 0.2) is 0 Å². The summed E-state index contributed by atoms with van der Waals surface area (Å²) in [5.41, 5.74) is 4.87. The highest BCUT2D eigenvalue weighted by Gasteiger charge is 2.22. The molecule has 0 saturated heterocycles. The summed E-state index contributed by atoms with van der Waals surface area (Å²) in [6, 6.07) is 21.3. The van der Waals surface area contributed by atoms with E-state index in [1.807, 2.05) is 0 Å². The normalized spacial score (nSPS) is 13.9. The number of hydrogen-bond donors (Lipinski definition) is 0. The Balaban J connectivity index is 1.97. The molecule has 0 N–H and O–H groups in total. The monoisotopic (exact) mass is 350 g/mol. The molecule has 2 heteroatoms. The van der Waals surface area contributed by atoms with Gasteiger partial charge >= 0.3 is 0 Å². The lowest BCUT2D eigenvalue weighted by molar-refractivity contribution is 0.359. The van der Waals surface area contributed by atoms with Gasteiger partial charge in [-0.15, -0.1) is 0 Å². The molecule has 0 aromatic heterocycles. The number of halogens is 1. The van der Waals surface area contributed by atoms with Gasteiger partial charge in [-0.2, -0.15) is 0 Å². The molecule has 0 atom stereocenters. The largest absolute Gasteiger partial charge is 0.487 e. The molecular formula is C20H15BrO. The van der Waals surface area contributed by atoms with Crippen LogP contribution in [0.2, 0.25) is 0 Å². The van der Waals surface area contributed by atoms with E-state index in [9.17, 15) is 0 Å². The molecule has 1 aliphatic heterocycles. The average molecular weight is 351 g/mol. The molecule has 1 nitrogen and oxygen atoms in total. The first-order valence-corrected chi connectivity index (χ1v) is 8.14. The Bertz CT molecular complexity index is 891. The van der Waals surface area contributed by atoms with Crippen LogP contribution in [0.15, 0.2) is 65.1 Å². The summed E-state index contributed by atoms with van der Waals surface area (Å²) >= 11 is 3.70. The van der Waals surface area contributed by atoms with Crippen LogP contribution in [-0.4, -0.2) is 6.61 Å². The van der Waals surface area contributed by atoms with Crippen molar-refractivity contribution in [2.45, 2.75) is 6.92 Å². The summed E-state index contributed by atoms with van der Waals surface area (Å²) < 4.78 is 7.12. The zero-order valence-corrected chi connectivity index (χ0v) is 13.9. The van der Waals surface area contributed by atoms with Gasteiger partial charge in [0.05, 0.1) is 0 Å². The van der Waals surface area contributed by atoms with Crippen molar-refractivity contribution >= 4 is 32.3 Å². The van der Waals surface area contributed by atoms with Crippen molar-refractivity contribution in [1.29, 1.82) is 0 Å². The van der Waals surface area contributed by atoms with Crippen LogP contribution in [-0.2, 0) is 0 Å². The highest BCUT2D eigenvalue weighted by molar-refractivity contribution is 9.11. The van der Waals surface area contributed by atoms with Crippen molar-refractivity contribution in [2.75, 3.05) is 6.61 Å². The van der Waals surface area contributed by atoms with E-state index in [1.165, 1.54) is 27.5 Å². The number of ether oxygens (including phenoxy) is 1. The maximum atomic E-state index is 6.02. The maximum Gasteiger partial charge on any atom is 0.135 e. The van der Waals surface area contributed by atoms with Crippen molar-refractivity contribution < 1.29 is 4.74 Å². The Kier molecular flexibility index (Phi) is 3.27. The van der Waals surface area contributed by atoms with Crippen molar-refractivity contribution in [3.05, 3.63) is 81.8 Å².